The Morgan fingerprint density at radius 2 is 2.33 bits per heavy atom. The topological polar surface area (TPSA) is 79.0 Å². The van der Waals surface area contributed by atoms with Gasteiger partial charge in [0.25, 0.3) is 0 Å². The van der Waals surface area contributed by atoms with Crippen molar-refractivity contribution < 1.29 is 8.42 Å². The summed E-state index contributed by atoms with van der Waals surface area (Å²) in [5.74, 6) is 0.132. The molecular formula is C8H12N4O2S. The second-order valence-corrected chi connectivity index (χ2v) is 5.20. The monoisotopic (exact) mass is 228 g/mol. The van der Waals surface area contributed by atoms with E-state index in [1.54, 1.807) is 30.1 Å². The zero-order valence-corrected chi connectivity index (χ0v) is 9.40. The fourth-order valence-corrected chi connectivity index (χ4v) is 1.73. The van der Waals surface area contributed by atoms with Crippen molar-refractivity contribution in [2.24, 2.45) is 7.05 Å². The number of hydrogen-bond donors (Lipinski definition) is 0. The van der Waals surface area contributed by atoms with E-state index in [1.807, 2.05) is 0 Å². The standard InChI is InChI=1S/C8H12N4O2S/c1-11-5-4-10-8(11)7-12(2)15(13,14)6-3-9/h4-5H,6-7H2,1-2H3. The van der Waals surface area contributed by atoms with Crippen LogP contribution in [-0.2, 0) is 23.6 Å². The second-order valence-electron chi connectivity index (χ2n) is 3.12. The van der Waals surface area contributed by atoms with Gasteiger partial charge in [0.2, 0.25) is 10.0 Å². The van der Waals surface area contributed by atoms with Gasteiger partial charge in [-0.2, -0.15) is 9.57 Å². The van der Waals surface area contributed by atoms with Gasteiger partial charge in [-0.15, -0.1) is 0 Å². The lowest BCUT2D eigenvalue weighted by atomic mass is 10.6. The molecular weight excluding hydrogens is 216 g/mol. The summed E-state index contributed by atoms with van der Waals surface area (Å²) in [5.41, 5.74) is 0. The highest BCUT2D eigenvalue weighted by molar-refractivity contribution is 7.89. The molecule has 0 bridgehead atoms. The van der Waals surface area contributed by atoms with E-state index in [9.17, 15) is 8.42 Å². The summed E-state index contributed by atoms with van der Waals surface area (Å²) in [4.78, 5) is 4.00. The van der Waals surface area contributed by atoms with Gasteiger partial charge in [-0.1, -0.05) is 0 Å². The number of imidazole rings is 1. The van der Waals surface area contributed by atoms with Crippen LogP contribution in [0.4, 0.5) is 0 Å². The van der Waals surface area contributed by atoms with Crippen molar-refractivity contribution in [1.82, 2.24) is 13.9 Å². The van der Waals surface area contributed by atoms with Gasteiger partial charge in [0.1, 0.15) is 5.82 Å². The van der Waals surface area contributed by atoms with Crippen molar-refractivity contribution in [2.45, 2.75) is 6.54 Å². The summed E-state index contributed by atoms with van der Waals surface area (Å²) in [7, 11) is -0.268. The third-order valence-electron chi connectivity index (χ3n) is 2.01. The third-order valence-corrected chi connectivity index (χ3v) is 3.58. The molecule has 0 saturated carbocycles. The maximum atomic E-state index is 11.4. The molecule has 7 heteroatoms. The normalized spacial score (nSPS) is 11.6. The Morgan fingerprint density at radius 3 is 2.80 bits per heavy atom. The minimum atomic E-state index is -3.48. The number of aryl methyl sites for hydroxylation is 1. The molecule has 15 heavy (non-hydrogen) atoms. The van der Waals surface area contributed by atoms with Crippen LogP contribution in [0, 0.1) is 11.3 Å². The Balaban J connectivity index is 2.77. The first-order valence-electron chi connectivity index (χ1n) is 4.24. The van der Waals surface area contributed by atoms with Gasteiger partial charge in [-0.25, -0.2) is 13.4 Å². The van der Waals surface area contributed by atoms with E-state index in [-0.39, 0.29) is 6.54 Å². The van der Waals surface area contributed by atoms with E-state index in [2.05, 4.69) is 4.98 Å². The van der Waals surface area contributed by atoms with E-state index in [0.29, 0.717) is 5.82 Å². The number of sulfonamides is 1. The van der Waals surface area contributed by atoms with Crippen molar-refractivity contribution in [1.29, 1.82) is 5.26 Å². The van der Waals surface area contributed by atoms with Crippen LogP contribution in [0.1, 0.15) is 5.82 Å². The van der Waals surface area contributed by atoms with E-state index in [0.717, 1.165) is 4.31 Å². The highest BCUT2D eigenvalue weighted by atomic mass is 32.2. The number of nitriles is 1. The van der Waals surface area contributed by atoms with Crippen LogP contribution < -0.4 is 0 Å². The van der Waals surface area contributed by atoms with E-state index < -0.39 is 15.8 Å². The third kappa shape index (κ3) is 2.78. The minimum Gasteiger partial charge on any atom is -0.337 e. The molecule has 0 saturated heterocycles. The maximum absolute atomic E-state index is 11.4. The lowest BCUT2D eigenvalue weighted by molar-refractivity contribution is 0.454. The molecule has 0 fully saturated rings. The summed E-state index contributed by atoms with van der Waals surface area (Å²) in [6.07, 6.45) is 3.33. The first-order chi connectivity index (χ1) is 6.97. The second kappa shape index (κ2) is 4.42. The quantitative estimate of drug-likeness (QED) is 0.709. The first-order valence-corrected chi connectivity index (χ1v) is 5.85. The summed E-state index contributed by atoms with van der Waals surface area (Å²) >= 11 is 0. The molecule has 1 aromatic rings. The van der Waals surface area contributed by atoms with Crippen LogP contribution in [0.25, 0.3) is 0 Å². The summed E-state index contributed by atoms with van der Waals surface area (Å²) in [5, 5.41) is 8.35. The Bertz CT molecular complexity index is 471. The Hall–Kier alpha value is -1.39. The smallest absolute Gasteiger partial charge is 0.227 e. The molecule has 1 heterocycles. The average Bonchev–Trinajstić information content (AvgIpc) is 2.52. The highest BCUT2D eigenvalue weighted by Crippen LogP contribution is 2.04. The van der Waals surface area contributed by atoms with Gasteiger partial charge >= 0.3 is 0 Å². The molecule has 0 aliphatic carbocycles. The van der Waals surface area contributed by atoms with Crippen LogP contribution in [-0.4, -0.2) is 35.1 Å². The van der Waals surface area contributed by atoms with Gasteiger partial charge in [0, 0.05) is 26.5 Å². The zero-order valence-electron chi connectivity index (χ0n) is 8.58. The summed E-state index contributed by atoms with van der Waals surface area (Å²) < 4.78 is 25.7. The van der Waals surface area contributed by atoms with Crippen molar-refractivity contribution >= 4 is 10.0 Å². The zero-order chi connectivity index (χ0) is 11.5. The van der Waals surface area contributed by atoms with Crippen molar-refractivity contribution in [3.8, 4) is 6.07 Å². The summed E-state index contributed by atoms with van der Waals surface area (Å²) in [6, 6.07) is 1.63. The maximum Gasteiger partial charge on any atom is 0.227 e. The van der Waals surface area contributed by atoms with Crippen LogP contribution in [0.2, 0.25) is 0 Å². The number of aromatic nitrogens is 2. The van der Waals surface area contributed by atoms with E-state index >= 15 is 0 Å². The highest BCUT2D eigenvalue weighted by Gasteiger charge is 2.18. The fraction of sp³-hybridized carbons (Fsp3) is 0.500. The molecule has 0 spiro atoms. The number of hydrogen-bond acceptors (Lipinski definition) is 4. The predicted octanol–water partition coefficient (Wildman–Crippen LogP) is -0.295. The number of nitrogens with zero attached hydrogens (tertiary/aromatic N) is 4. The van der Waals surface area contributed by atoms with Gasteiger partial charge in [-0.05, 0) is 0 Å². The number of rotatable bonds is 4. The van der Waals surface area contributed by atoms with Crippen LogP contribution in [0.3, 0.4) is 0 Å². The summed E-state index contributed by atoms with van der Waals surface area (Å²) in [6.45, 7) is 0.174. The molecule has 0 radical (unpaired) electrons. The van der Waals surface area contributed by atoms with Crippen LogP contribution in [0.5, 0.6) is 0 Å². The molecule has 0 aliphatic heterocycles. The van der Waals surface area contributed by atoms with Crippen molar-refractivity contribution in [3.05, 3.63) is 18.2 Å². The fourth-order valence-electron chi connectivity index (χ4n) is 1.04. The Kier molecular flexibility index (Phi) is 3.44. The molecule has 1 rings (SSSR count). The average molecular weight is 228 g/mol. The van der Waals surface area contributed by atoms with Gasteiger partial charge in [-0.3, -0.25) is 0 Å². The van der Waals surface area contributed by atoms with Crippen molar-refractivity contribution in [2.75, 3.05) is 12.8 Å². The lowest BCUT2D eigenvalue weighted by Crippen LogP contribution is -2.29. The molecule has 0 unspecified atom stereocenters. The molecule has 0 atom stereocenters. The molecule has 0 N–H and O–H groups in total. The molecule has 82 valence electrons. The predicted molar refractivity (Wildman–Crippen MR) is 54.1 cm³/mol. The van der Waals surface area contributed by atoms with Crippen LogP contribution >= 0.6 is 0 Å². The van der Waals surface area contributed by atoms with E-state index in [4.69, 9.17) is 5.26 Å². The molecule has 0 amide bonds. The molecule has 0 aliphatic rings. The SMILES string of the molecule is CN(Cc1nccn1C)S(=O)(=O)CC#N. The lowest BCUT2D eigenvalue weighted by Gasteiger charge is -2.14. The molecule has 1 aromatic heterocycles. The Labute approximate surface area is 88.8 Å². The van der Waals surface area contributed by atoms with Gasteiger partial charge < -0.3 is 4.57 Å². The Morgan fingerprint density at radius 1 is 1.67 bits per heavy atom. The molecule has 0 aromatic carbocycles. The largest absolute Gasteiger partial charge is 0.337 e. The van der Waals surface area contributed by atoms with Crippen LogP contribution in [0.15, 0.2) is 12.4 Å². The first kappa shape index (κ1) is 11.7. The van der Waals surface area contributed by atoms with Gasteiger partial charge in [0.15, 0.2) is 5.75 Å². The molecule has 6 nitrogen and oxygen atoms in total. The van der Waals surface area contributed by atoms with Crippen molar-refractivity contribution in [3.63, 3.8) is 0 Å². The van der Waals surface area contributed by atoms with Gasteiger partial charge in [0.05, 0.1) is 12.6 Å². The minimum absolute atomic E-state index is 0.174. The van der Waals surface area contributed by atoms with E-state index in [1.165, 1.54) is 7.05 Å².